The Kier molecular flexibility index (Phi) is 6.74. The van der Waals surface area contributed by atoms with Gasteiger partial charge in [-0.3, -0.25) is 9.36 Å². The number of imidazole rings is 1. The molecule has 1 amide bonds. The van der Waals surface area contributed by atoms with Gasteiger partial charge in [0.05, 0.1) is 6.33 Å². The lowest BCUT2D eigenvalue weighted by molar-refractivity contribution is -0.143. The molecule has 3 heterocycles. The van der Waals surface area contributed by atoms with E-state index >= 15 is 0 Å². The molecule has 2 fully saturated rings. The van der Waals surface area contributed by atoms with E-state index in [0.29, 0.717) is 36.1 Å². The molecule has 2 aromatic rings. The van der Waals surface area contributed by atoms with Crippen LogP contribution in [0, 0.1) is 5.92 Å². The summed E-state index contributed by atoms with van der Waals surface area (Å²) in [5.74, 6) is 0.525. The topological polar surface area (TPSA) is 181 Å². The second-order valence-corrected chi connectivity index (χ2v) is 8.43. The predicted molar refractivity (Wildman–Crippen MR) is 115 cm³/mol. The fraction of sp³-hybridized carbons (Fsp3) is 0.700. The molecule has 1 unspecified atom stereocenters. The van der Waals surface area contributed by atoms with Crippen LogP contribution in [0.15, 0.2) is 6.33 Å². The minimum Gasteiger partial charge on any atom is -0.387 e. The van der Waals surface area contributed by atoms with Crippen molar-refractivity contribution in [1.82, 2.24) is 24.8 Å². The highest BCUT2D eigenvalue weighted by molar-refractivity contribution is 5.83. The van der Waals surface area contributed by atoms with Gasteiger partial charge in [0.25, 0.3) is 5.91 Å². The van der Waals surface area contributed by atoms with Crippen LogP contribution in [-0.2, 0) is 9.53 Å². The summed E-state index contributed by atoms with van der Waals surface area (Å²) in [6.45, 7) is 2.73. The Morgan fingerprint density at radius 1 is 1.31 bits per heavy atom. The number of hydrogen-bond acceptors (Lipinski definition) is 10. The lowest BCUT2D eigenvalue weighted by atomic mass is 10.0. The van der Waals surface area contributed by atoms with E-state index in [4.69, 9.17) is 10.5 Å². The third-order valence-corrected chi connectivity index (χ3v) is 6.24. The predicted octanol–water partition coefficient (Wildman–Crippen LogP) is -0.483. The molecule has 1 saturated heterocycles. The van der Waals surface area contributed by atoms with Crippen molar-refractivity contribution in [2.45, 2.75) is 69.7 Å². The van der Waals surface area contributed by atoms with E-state index in [-0.39, 0.29) is 5.82 Å². The second kappa shape index (κ2) is 9.53. The van der Waals surface area contributed by atoms with Crippen LogP contribution < -0.4 is 16.4 Å². The van der Waals surface area contributed by atoms with E-state index in [2.05, 4.69) is 25.6 Å². The molecule has 2 aromatic heterocycles. The van der Waals surface area contributed by atoms with Crippen LogP contribution in [0.1, 0.15) is 45.3 Å². The Bertz CT molecular complexity index is 948. The summed E-state index contributed by atoms with van der Waals surface area (Å²) in [5.41, 5.74) is 6.69. The number of aliphatic hydroxyl groups excluding tert-OH is 3. The molecule has 0 radical (unpaired) electrons. The van der Waals surface area contributed by atoms with Gasteiger partial charge in [0.1, 0.15) is 23.8 Å². The van der Waals surface area contributed by atoms with E-state index < -0.39 is 36.6 Å². The van der Waals surface area contributed by atoms with E-state index in [1.54, 1.807) is 6.92 Å². The Morgan fingerprint density at radius 2 is 2.06 bits per heavy atom. The summed E-state index contributed by atoms with van der Waals surface area (Å²) < 4.78 is 7.11. The number of nitrogens with two attached hydrogens (primary N) is 1. The summed E-state index contributed by atoms with van der Waals surface area (Å²) in [6.07, 6.45) is 0.470. The number of anilines is 2. The maximum atomic E-state index is 12.0. The Labute approximate surface area is 185 Å². The first-order valence-electron chi connectivity index (χ1n) is 11.1. The summed E-state index contributed by atoms with van der Waals surface area (Å²) in [7, 11) is 0. The van der Waals surface area contributed by atoms with Gasteiger partial charge < -0.3 is 36.4 Å². The molecule has 1 aliphatic carbocycles. The van der Waals surface area contributed by atoms with E-state index in [9.17, 15) is 20.1 Å². The highest BCUT2D eigenvalue weighted by Crippen LogP contribution is 2.34. The molecule has 1 aliphatic heterocycles. The van der Waals surface area contributed by atoms with Gasteiger partial charge in [-0.2, -0.15) is 9.97 Å². The van der Waals surface area contributed by atoms with Gasteiger partial charge in [0, 0.05) is 13.1 Å². The molecule has 12 nitrogen and oxygen atoms in total. The van der Waals surface area contributed by atoms with Crippen LogP contribution in [0.25, 0.3) is 11.2 Å². The van der Waals surface area contributed by atoms with Crippen LogP contribution in [0.3, 0.4) is 0 Å². The molecule has 12 heteroatoms. The summed E-state index contributed by atoms with van der Waals surface area (Å²) in [5, 5.41) is 36.9. The van der Waals surface area contributed by atoms with Gasteiger partial charge in [-0.15, -0.1) is 0 Å². The van der Waals surface area contributed by atoms with Crippen molar-refractivity contribution >= 4 is 28.8 Å². The minimum atomic E-state index is -1.65. The van der Waals surface area contributed by atoms with Crippen LogP contribution >= 0.6 is 0 Å². The third-order valence-electron chi connectivity index (χ3n) is 6.24. The highest BCUT2D eigenvalue weighted by atomic mass is 16.6. The summed E-state index contributed by atoms with van der Waals surface area (Å²) >= 11 is 0. The van der Waals surface area contributed by atoms with Crippen LogP contribution in [-0.4, -0.2) is 78.3 Å². The summed E-state index contributed by atoms with van der Waals surface area (Å²) in [6, 6.07) is 0. The standard InChI is InChI=1S/C20H31N7O5/c1-2-22-18(31)14(30)15-12(28)13(29)19(32-15)27-9-24-11-16(21)25-20(26-17(11)27)23-8-7-10-5-3-4-6-10/h9-10,12-15,19,28-30H,2-8H2,1H3,(H,22,31)(H3,21,23,25,26)/t12-,13+,14?,15-,19+/m0/s1. The SMILES string of the molecule is CCNC(=O)C(O)[C@H]1O[C@@H](n2cnc3c(N)nc(NCCC4CCCC4)nc32)[C@H](O)[C@@H]1O. The zero-order valence-electron chi connectivity index (χ0n) is 18.0. The molecule has 0 aromatic carbocycles. The number of amides is 1. The van der Waals surface area contributed by atoms with Crippen molar-refractivity contribution in [1.29, 1.82) is 0 Å². The molecule has 1 saturated carbocycles. The fourth-order valence-corrected chi connectivity index (χ4v) is 4.50. The highest BCUT2D eigenvalue weighted by Gasteiger charge is 2.49. The van der Waals surface area contributed by atoms with E-state index in [1.807, 2.05) is 0 Å². The molecule has 0 spiro atoms. The van der Waals surface area contributed by atoms with Crippen molar-refractivity contribution in [3.63, 3.8) is 0 Å². The average molecular weight is 450 g/mol. The number of ether oxygens (including phenoxy) is 1. The largest absolute Gasteiger partial charge is 0.387 e. The Balaban J connectivity index is 1.53. The molecule has 32 heavy (non-hydrogen) atoms. The zero-order valence-corrected chi connectivity index (χ0v) is 18.0. The Hall–Kier alpha value is -2.54. The molecule has 4 rings (SSSR count). The first kappa shape index (κ1) is 22.6. The number of aliphatic hydroxyl groups is 3. The zero-order chi connectivity index (χ0) is 22.8. The fourth-order valence-electron chi connectivity index (χ4n) is 4.50. The van der Waals surface area contributed by atoms with Gasteiger partial charge in [0.2, 0.25) is 5.95 Å². The number of hydrogen-bond donors (Lipinski definition) is 6. The number of carbonyl (C=O) groups is 1. The van der Waals surface area contributed by atoms with E-state index in [0.717, 1.165) is 6.42 Å². The monoisotopic (exact) mass is 449 g/mol. The second-order valence-electron chi connectivity index (χ2n) is 8.43. The van der Waals surface area contributed by atoms with Gasteiger partial charge >= 0.3 is 0 Å². The number of rotatable bonds is 8. The van der Waals surface area contributed by atoms with Crippen molar-refractivity contribution in [2.24, 2.45) is 5.92 Å². The minimum absolute atomic E-state index is 0.170. The molecule has 2 aliphatic rings. The first-order valence-corrected chi connectivity index (χ1v) is 11.1. The smallest absolute Gasteiger partial charge is 0.251 e. The molecular weight excluding hydrogens is 418 g/mol. The van der Waals surface area contributed by atoms with Crippen molar-refractivity contribution in [2.75, 3.05) is 24.1 Å². The maximum absolute atomic E-state index is 12.0. The maximum Gasteiger partial charge on any atom is 0.251 e. The lowest BCUT2D eigenvalue weighted by Crippen LogP contribution is -2.47. The number of fused-ring (bicyclic) bond motifs is 1. The summed E-state index contributed by atoms with van der Waals surface area (Å²) in [4.78, 5) is 24.9. The van der Waals surface area contributed by atoms with Crippen molar-refractivity contribution in [3.8, 4) is 0 Å². The van der Waals surface area contributed by atoms with Gasteiger partial charge in [-0.1, -0.05) is 25.7 Å². The lowest BCUT2D eigenvalue weighted by Gasteiger charge is -2.20. The molecule has 0 bridgehead atoms. The van der Waals surface area contributed by atoms with Gasteiger partial charge in [-0.25, -0.2) is 4.98 Å². The number of nitrogens with zero attached hydrogens (tertiary/aromatic N) is 4. The van der Waals surface area contributed by atoms with Crippen molar-refractivity contribution in [3.05, 3.63) is 6.33 Å². The number of nitrogen functional groups attached to an aromatic ring is 1. The number of aromatic nitrogens is 4. The quantitative estimate of drug-likeness (QED) is 0.308. The number of carbonyl (C=O) groups excluding carboxylic acids is 1. The van der Waals surface area contributed by atoms with E-state index in [1.165, 1.54) is 36.6 Å². The molecule has 7 N–H and O–H groups in total. The first-order chi connectivity index (χ1) is 15.4. The number of likely N-dealkylation sites (N-methyl/N-ethyl adjacent to an activating group) is 1. The average Bonchev–Trinajstić information content (AvgIpc) is 3.49. The molecular formula is C20H31N7O5. The normalized spacial score (nSPS) is 27.1. The van der Waals surface area contributed by atoms with Crippen LogP contribution in [0.2, 0.25) is 0 Å². The number of nitrogens with one attached hydrogen (secondary N) is 2. The van der Waals surface area contributed by atoms with Crippen LogP contribution in [0.5, 0.6) is 0 Å². The molecule has 5 atom stereocenters. The van der Waals surface area contributed by atoms with Crippen LogP contribution in [0.4, 0.5) is 11.8 Å². The third kappa shape index (κ3) is 4.35. The molecule has 176 valence electrons. The van der Waals surface area contributed by atoms with Gasteiger partial charge in [-0.05, 0) is 19.3 Å². The van der Waals surface area contributed by atoms with Crippen molar-refractivity contribution < 1.29 is 24.9 Å². The Morgan fingerprint density at radius 3 is 2.78 bits per heavy atom. The van der Waals surface area contributed by atoms with Gasteiger partial charge in [0.15, 0.2) is 23.8 Å².